The first kappa shape index (κ1) is 35.2. The van der Waals surface area contributed by atoms with Crippen LogP contribution in [0.15, 0.2) is 16.8 Å². The van der Waals surface area contributed by atoms with E-state index >= 15 is 0 Å². The second kappa shape index (κ2) is 16.4. The third-order valence-electron chi connectivity index (χ3n) is 7.17. The van der Waals surface area contributed by atoms with Crippen molar-refractivity contribution in [2.45, 2.75) is 117 Å². The van der Waals surface area contributed by atoms with Gasteiger partial charge in [-0.05, 0) is 45.1 Å². The summed E-state index contributed by atoms with van der Waals surface area (Å²) in [7, 11) is 1.90. The highest BCUT2D eigenvalue weighted by atomic mass is 19.3. The van der Waals surface area contributed by atoms with Gasteiger partial charge in [-0.25, -0.2) is 8.78 Å². The topological polar surface area (TPSA) is 157 Å². The number of hydrogen-bond donors (Lipinski definition) is 6. The Morgan fingerprint density at radius 3 is 2.33 bits per heavy atom. The summed E-state index contributed by atoms with van der Waals surface area (Å²) in [5.74, 6) is -0.110. The van der Waals surface area contributed by atoms with Gasteiger partial charge in [0.05, 0.1) is 36.3 Å². The van der Waals surface area contributed by atoms with Crippen LogP contribution in [0.4, 0.5) is 8.78 Å². The fourth-order valence-electron chi connectivity index (χ4n) is 4.78. The maximum atomic E-state index is 12.7. The molecule has 0 bridgehead atoms. The molecule has 1 fully saturated rings. The molecule has 1 aliphatic rings. The average Bonchev–Trinajstić information content (AvgIpc) is 2.84. The van der Waals surface area contributed by atoms with Crippen molar-refractivity contribution in [3.05, 3.63) is 11.8 Å². The highest BCUT2D eigenvalue weighted by Gasteiger charge is 2.33. The number of alkyl halides is 2. The smallest absolute Gasteiger partial charge is 0.294 e. The Morgan fingerprint density at radius 2 is 1.82 bits per heavy atom. The van der Waals surface area contributed by atoms with Crippen LogP contribution in [0.2, 0.25) is 0 Å². The lowest BCUT2D eigenvalue weighted by molar-refractivity contribution is -0.0790. The standard InChI is InChI=1S/C28H55F2N7O2/c1-16(2)26(33)37-21(14-31)23(39-18(4)12-24(35-8)28(5,6)7)11-17(3)38-22-13-19(9-10-20(22)32)15-36-27(34)25(29)30/h12,16-23,25,35H,9-11,13-15,31-32H2,1-8H3,(H2,33,37)(H2,34,36)/b24-12-. The first-order valence-electron chi connectivity index (χ1n) is 14.2. The molecule has 0 saturated heterocycles. The molecule has 1 aliphatic carbocycles. The van der Waals surface area contributed by atoms with Crippen molar-refractivity contribution in [3.8, 4) is 0 Å². The van der Waals surface area contributed by atoms with E-state index < -0.39 is 12.3 Å². The van der Waals surface area contributed by atoms with Gasteiger partial charge in [0.15, 0.2) is 5.84 Å². The zero-order chi connectivity index (χ0) is 29.9. The second-order valence-corrected chi connectivity index (χ2v) is 12.1. The predicted molar refractivity (Wildman–Crippen MR) is 156 cm³/mol. The zero-order valence-corrected chi connectivity index (χ0v) is 25.3. The first-order chi connectivity index (χ1) is 18.1. The van der Waals surface area contributed by atoms with E-state index in [0.717, 1.165) is 18.5 Å². The Bertz CT molecular complexity index is 801. The van der Waals surface area contributed by atoms with Gasteiger partial charge >= 0.3 is 0 Å². The molecule has 0 aromatic rings. The maximum Gasteiger partial charge on any atom is 0.294 e. The number of nitrogens with one attached hydrogen (secondary N) is 3. The number of hydrogen-bond acceptors (Lipinski definition) is 7. The number of rotatable bonds is 15. The average molecular weight is 560 g/mol. The van der Waals surface area contributed by atoms with E-state index in [1.54, 1.807) is 0 Å². The molecule has 1 saturated carbocycles. The number of aliphatic imine (C=N–C) groups is 1. The minimum absolute atomic E-state index is 0.0291. The fraction of sp³-hybridized carbons (Fsp3) is 0.857. The highest BCUT2D eigenvalue weighted by Crippen LogP contribution is 2.29. The number of nitrogens with zero attached hydrogens (tertiary/aromatic N) is 1. The van der Waals surface area contributed by atoms with Crippen molar-refractivity contribution in [2.24, 2.45) is 39.4 Å². The van der Waals surface area contributed by atoms with Crippen molar-refractivity contribution < 1.29 is 18.3 Å². The number of amidine groups is 2. The van der Waals surface area contributed by atoms with Crippen molar-refractivity contribution in [2.75, 3.05) is 20.1 Å². The number of ether oxygens (including phenoxy) is 2. The molecule has 9 N–H and O–H groups in total. The molecule has 7 unspecified atom stereocenters. The lowest BCUT2D eigenvalue weighted by Crippen LogP contribution is -2.52. The molecule has 228 valence electrons. The molecule has 9 nitrogen and oxygen atoms in total. The summed E-state index contributed by atoms with van der Waals surface area (Å²) in [5, 5.41) is 14.9. The van der Waals surface area contributed by atoms with E-state index in [1.807, 2.05) is 34.7 Å². The van der Waals surface area contributed by atoms with Gasteiger partial charge in [0, 0.05) is 49.6 Å². The number of nitrogens with two attached hydrogens (primary N) is 3. The molecule has 0 spiro atoms. The molecule has 0 aromatic heterocycles. The van der Waals surface area contributed by atoms with Crippen molar-refractivity contribution >= 4 is 11.7 Å². The van der Waals surface area contributed by atoms with Crippen LogP contribution in [0, 0.1) is 22.7 Å². The summed E-state index contributed by atoms with van der Waals surface area (Å²) in [6, 6.07) is -0.433. The molecule has 0 aliphatic heterocycles. The quantitative estimate of drug-likeness (QED) is 0.133. The van der Waals surface area contributed by atoms with Crippen LogP contribution in [0.3, 0.4) is 0 Å². The first-order valence-corrected chi connectivity index (χ1v) is 14.2. The molecular formula is C28H55F2N7O2. The lowest BCUT2D eigenvalue weighted by Gasteiger charge is -2.37. The molecule has 7 atom stereocenters. The van der Waals surface area contributed by atoms with E-state index in [4.69, 9.17) is 32.1 Å². The third kappa shape index (κ3) is 12.5. The van der Waals surface area contributed by atoms with E-state index in [0.29, 0.717) is 18.7 Å². The summed E-state index contributed by atoms with van der Waals surface area (Å²) in [6.45, 7) is 14.8. The molecule has 11 heteroatoms. The Morgan fingerprint density at radius 1 is 1.18 bits per heavy atom. The van der Waals surface area contributed by atoms with Crippen LogP contribution in [0.5, 0.6) is 0 Å². The molecule has 0 amide bonds. The van der Waals surface area contributed by atoms with Crippen LogP contribution in [0.1, 0.15) is 74.1 Å². The number of allylic oxidation sites excluding steroid dienone is 1. The van der Waals surface area contributed by atoms with Crippen molar-refractivity contribution in [1.29, 1.82) is 5.41 Å². The van der Waals surface area contributed by atoms with Gasteiger partial charge in [-0.3, -0.25) is 10.4 Å². The summed E-state index contributed by atoms with van der Waals surface area (Å²) in [5.41, 5.74) is 18.9. The Labute approximate surface area is 234 Å². The van der Waals surface area contributed by atoms with Crippen LogP contribution in [-0.4, -0.2) is 74.7 Å². The lowest BCUT2D eigenvalue weighted by atomic mass is 9.84. The molecule has 0 radical (unpaired) electrons. The minimum atomic E-state index is -2.74. The van der Waals surface area contributed by atoms with Gasteiger partial charge in [0.25, 0.3) is 6.43 Å². The van der Waals surface area contributed by atoms with Gasteiger partial charge in [-0.15, -0.1) is 0 Å². The van der Waals surface area contributed by atoms with Gasteiger partial charge < -0.3 is 37.3 Å². The van der Waals surface area contributed by atoms with Crippen LogP contribution >= 0.6 is 0 Å². The normalized spacial score (nSPS) is 24.4. The highest BCUT2D eigenvalue weighted by molar-refractivity contribution is 5.83. The van der Waals surface area contributed by atoms with E-state index in [1.165, 1.54) is 0 Å². The van der Waals surface area contributed by atoms with Crippen molar-refractivity contribution in [3.63, 3.8) is 0 Å². The van der Waals surface area contributed by atoms with Gasteiger partial charge in [-0.1, -0.05) is 34.6 Å². The molecule has 39 heavy (non-hydrogen) atoms. The zero-order valence-electron chi connectivity index (χ0n) is 25.3. The third-order valence-corrected chi connectivity index (χ3v) is 7.17. The molecule has 0 heterocycles. The Kier molecular flexibility index (Phi) is 14.8. The van der Waals surface area contributed by atoms with Crippen molar-refractivity contribution in [1.82, 2.24) is 10.6 Å². The van der Waals surface area contributed by atoms with Gasteiger partial charge in [-0.2, -0.15) is 0 Å². The summed E-state index contributed by atoms with van der Waals surface area (Å²) >= 11 is 0. The molecule has 1 rings (SSSR count). The Balaban J connectivity index is 3.02. The van der Waals surface area contributed by atoms with Crippen LogP contribution in [0.25, 0.3) is 0 Å². The monoisotopic (exact) mass is 559 g/mol. The number of halogens is 2. The summed E-state index contributed by atoms with van der Waals surface area (Å²) in [4.78, 5) is 3.87. The summed E-state index contributed by atoms with van der Waals surface area (Å²) in [6.07, 6.45) is 1.03. The van der Waals surface area contributed by atoms with Crippen LogP contribution in [-0.2, 0) is 9.47 Å². The van der Waals surface area contributed by atoms with Gasteiger partial charge in [0.2, 0.25) is 0 Å². The molecule has 0 aromatic carbocycles. The maximum absolute atomic E-state index is 12.7. The SMILES string of the molecule is CN/C(=C\C(C)OC(CC(C)OC1CC(CN=C(N)C(F)F)CCC1N)C(CN)NC(=N)C(C)C)C(C)(C)C. The van der Waals surface area contributed by atoms with Gasteiger partial charge in [0.1, 0.15) is 0 Å². The minimum Gasteiger partial charge on any atom is -0.391 e. The predicted octanol–water partition coefficient (Wildman–Crippen LogP) is 3.37. The summed E-state index contributed by atoms with van der Waals surface area (Å²) < 4.78 is 38.4. The largest absolute Gasteiger partial charge is 0.391 e. The Hall–Kier alpha value is -1.82. The van der Waals surface area contributed by atoms with E-state index in [9.17, 15) is 8.78 Å². The van der Waals surface area contributed by atoms with E-state index in [2.05, 4.69) is 42.5 Å². The second-order valence-electron chi connectivity index (χ2n) is 12.1. The van der Waals surface area contributed by atoms with E-state index in [-0.39, 0.29) is 66.8 Å². The molecular weight excluding hydrogens is 504 g/mol. The van der Waals surface area contributed by atoms with Crippen LogP contribution < -0.4 is 27.8 Å². The fourth-order valence-corrected chi connectivity index (χ4v) is 4.78.